The predicted molar refractivity (Wildman–Crippen MR) is 62.2 cm³/mol. The summed E-state index contributed by atoms with van der Waals surface area (Å²) >= 11 is 0. The van der Waals surface area contributed by atoms with Crippen LogP contribution in [0.3, 0.4) is 0 Å². The number of carbonyl (C=O) groups excluding carboxylic acids is 1. The zero-order valence-corrected chi connectivity index (χ0v) is 10.0. The van der Waals surface area contributed by atoms with E-state index in [4.69, 9.17) is 5.73 Å². The molecule has 18 heavy (non-hydrogen) atoms. The van der Waals surface area contributed by atoms with Crippen molar-refractivity contribution in [3.8, 4) is 5.75 Å². The van der Waals surface area contributed by atoms with E-state index < -0.39 is 27.2 Å². The van der Waals surface area contributed by atoms with Crippen LogP contribution >= 0.6 is 0 Å². The van der Waals surface area contributed by atoms with Gasteiger partial charge < -0.3 is 10.5 Å². The molecule has 1 aliphatic carbocycles. The van der Waals surface area contributed by atoms with Crippen LogP contribution in [-0.4, -0.2) is 19.8 Å². The highest BCUT2D eigenvalue weighted by Gasteiger charge is 2.36. The van der Waals surface area contributed by atoms with Gasteiger partial charge in [0.15, 0.2) is 0 Å². The minimum atomic E-state index is -3.57. The van der Waals surface area contributed by atoms with Crippen molar-refractivity contribution in [3.05, 3.63) is 24.0 Å². The van der Waals surface area contributed by atoms with Crippen LogP contribution in [-0.2, 0) is 10.0 Å². The summed E-state index contributed by atoms with van der Waals surface area (Å²) in [6.07, 6.45) is 0.0701. The lowest BCUT2D eigenvalue weighted by molar-refractivity contribution is 0.211. The molecule has 1 fully saturated rings. The summed E-state index contributed by atoms with van der Waals surface area (Å²) in [5.41, 5.74) is 4.54. The van der Waals surface area contributed by atoms with Crippen molar-refractivity contribution < 1.29 is 22.3 Å². The van der Waals surface area contributed by atoms with E-state index >= 15 is 0 Å². The van der Waals surface area contributed by atoms with Gasteiger partial charge in [0, 0.05) is 6.07 Å². The monoisotopic (exact) mass is 274 g/mol. The van der Waals surface area contributed by atoms with Crippen molar-refractivity contribution in [1.29, 1.82) is 0 Å². The maximum Gasteiger partial charge on any atom is 0.409 e. The van der Waals surface area contributed by atoms with E-state index in [2.05, 4.69) is 9.46 Å². The minimum absolute atomic E-state index is 0.0302. The number of benzene rings is 1. The van der Waals surface area contributed by atoms with Gasteiger partial charge in [-0.05, 0) is 25.0 Å². The molecule has 0 aliphatic heterocycles. The summed E-state index contributed by atoms with van der Waals surface area (Å²) in [4.78, 5) is 10.5. The first kappa shape index (κ1) is 12.6. The highest BCUT2D eigenvalue weighted by atomic mass is 32.2. The maximum absolute atomic E-state index is 13.4. The zero-order valence-electron chi connectivity index (χ0n) is 9.22. The molecule has 0 bridgehead atoms. The van der Waals surface area contributed by atoms with Gasteiger partial charge in [-0.1, -0.05) is 0 Å². The summed E-state index contributed by atoms with van der Waals surface area (Å²) < 4.78 is 43.4. The van der Waals surface area contributed by atoms with Crippen molar-refractivity contribution in [2.45, 2.75) is 18.1 Å². The topological polar surface area (TPSA) is 98.5 Å². The van der Waals surface area contributed by atoms with Crippen LogP contribution in [0.25, 0.3) is 0 Å². The van der Waals surface area contributed by atoms with E-state index in [9.17, 15) is 17.6 Å². The third kappa shape index (κ3) is 2.89. The molecule has 1 aromatic rings. The van der Waals surface area contributed by atoms with Gasteiger partial charge in [-0.25, -0.2) is 17.6 Å². The van der Waals surface area contributed by atoms with Crippen molar-refractivity contribution in [2.24, 2.45) is 5.73 Å². The average Bonchev–Trinajstić information content (AvgIpc) is 3.05. The number of hydrogen-bond donors (Lipinski definition) is 2. The third-order valence-corrected chi connectivity index (χ3v) is 4.23. The number of nitrogens with one attached hydrogen (secondary N) is 1. The first-order chi connectivity index (χ1) is 8.38. The van der Waals surface area contributed by atoms with E-state index in [0.717, 1.165) is 12.1 Å². The molecule has 3 N–H and O–H groups in total. The van der Waals surface area contributed by atoms with Crippen LogP contribution in [0.2, 0.25) is 0 Å². The highest BCUT2D eigenvalue weighted by molar-refractivity contribution is 7.93. The molecular weight excluding hydrogens is 263 g/mol. The van der Waals surface area contributed by atoms with Crippen LogP contribution in [0.4, 0.5) is 14.9 Å². The number of anilines is 1. The number of halogens is 1. The Hall–Kier alpha value is -1.83. The van der Waals surface area contributed by atoms with E-state index in [1.165, 1.54) is 6.07 Å². The number of carbonyl (C=O) groups is 1. The number of rotatable bonds is 4. The van der Waals surface area contributed by atoms with Crippen LogP contribution < -0.4 is 15.2 Å². The van der Waals surface area contributed by atoms with Crippen molar-refractivity contribution in [2.75, 3.05) is 4.72 Å². The Morgan fingerprint density at radius 1 is 1.44 bits per heavy atom. The summed E-state index contributed by atoms with van der Waals surface area (Å²) in [7, 11) is -3.57. The lowest BCUT2D eigenvalue weighted by Crippen LogP contribution is -2.19. The summed E-state index contributed by atoms with van der Waals surface area (Å²) in [5.74, 6) is -0.784. The zero-order chi connectivity index (χ0) is 13.3. The Balaban J connectivity index is 2.23. The molecule has 2 rings (SSSR count). The van der Waals surface area contributed by atoms with Gasteiger partial charge in [-0.2, -0.15) is 0 Å². The molecule has 1 saturated carbocycles. The third-order valence-electron chi connectivity index (χ3n) is 2.37. The second kappa shape index (κ2) is 4.45. The first-order valence-corrected chi connectivity index (χ1v) is 6.71. The lowest BCUT2D eigenvalue weighted by Gasteiger charge is -2.09. The Morgan fingerprint density at radius 3 is 2.67 bits per heavy atom. The van der Waals surface area contributed by atoms with Gasteiger partial charge in [-0.15, -0.1) is 0 Å². The summed E-state index contributed by atoms with van der Waals surface area (Å²) in [6.45, 7) is 0. The second-order valence-electron chi connectivity index (χ2n) is 3.91. The lowest BCUT2D eigenvalue weighted by atomic mass is 10.3. The van der Waals surface area contributed by atoms with Gasteiger partial charge in [0.2, 0.25) is 10.0 Å². The number of hydrogen-bond acceptors (Lipinski definition) is 4. The fraction of sp³-hybridized carbons (Fsp3) is 0.300. The largest absolute Gasteiger partial charge is 0.410 e. The van der Waals surface area contributed by atoms with Crippen LogP contribution in [0.5, 0.6) is 5.75 Å². The average molecular weight is 274 g/mol. The molecule has 6 nitrogen and oxygen atoms in total. The van der Waals surface area contributed by atoms with Gasteiger partial charge in [0.25, 0.3) is 0 Å². The number of ether oxygens (including phenoxy) is 1. The van der Waals surface area contributed by atoms with Crippen LogP contribution in [0.1, 0.15) is 12.8 Å². The Kier molecular flexibility index (Phi) is 3.12. The van der Waals surface area contributed by atoms with Crippen LogP contribution in [0, 0.1) is 5.82 Å². The SMILES string of the molecule is NC(=O)Oc1ccc(F)c(NS(=O)(=O)C2CC2)c1. The Labute approximate surface area is 103 Å². The molecule has 1 aliphatic rings. The summed E-state index contributed by atoms with van der Waals surface area (Å²) in [6, 6.07) is 3.23. The second-order valence-corrected chi connectivity index (χ2v) is 5.87. The molecule has 0 unspecified atom stereocenters. The molecule has 0 saturated heterocycles. The molecule has 98 valence electrons. The van der Waals surface area contributed by atoms with Gasteiger partial charge in [-0.3, -0.25) is 4.72 Å². The molecule has 8 heteroatoms. The molecular formula is C10H11FN2O4S. The van der Waals surface area contributed by atoms with Gasteiger partial charge in [0.05, 0.1) is 10.9 Å². The molecule has 0 spiro atoms. The van der Waals surface area contributed by atoms with Gasteiger partial charge >= 0.3 is 6.09 Å². The Bertz CT molecular complexity index is 584. The molecule has 1 amide bonds. The number of nitrogens with two attached hydrogens (primary N) is 1. The molecule has 0 atom stereocenters. The summed E-state index contributed by atoms with van der Waals surface area (Å²) in [5, 5.41) is -0.474. The standard InChI is InChI=1S/C10H11FN2O4S/c11-8-4-1-6(17-10(12)14)5-9(8)13-18(15,16)7-2-3-7/h1,4-5,7,13H,2-3H2,(H2,12,14). The normalized spacial score (nSPS) is 15.2. The fourth-order valence-electron chi connectivity index (χ4n) is 1.38. The van der Waals surface area contributed by atoms with Crippen molar-refractivity contribution in [1.82, 2.24) is 0 Å². The first-order valence-electron chi connectivity index (χ1n) is 5.17. The Morgan fingerprint density at radius 2 is 2.11 bits per heavy atom. The highest BCUT2D eigenvalue weighted by Crippen LogP contribution is 2.31. The van der Waals surface area contributed by atoms with E-state index in [-0.39, 0.29) is 11.4 Å². The molecule has 0 radical (unpaired) electrons. The number of primary amides is 1. The predicted octanol–water partition coefficient (Wildman–Crippen LogP) is 1.19. The fourth-order valence-corrected chi connectivity index (χ4v) is 2.76. The van der Waals surface area contributed by atoms with Crippen molar-refractivity contribution >= 4 is 21.8 Å². The van der Waals surface area contributed by atoms with Gasteiger partial charge in [0.1, 0.15) is 11.6 Å². The number of sulfonamides is 1. The van der Waals surface area contributed by atoms with E-state index in [0.29, 0.717) is 12.8 Å². The molecule has 0 aromatic heterocycles. The smallest absolute Gasteiger partial charge is 0.409 e. The molecule has 1 aromatic carbocycles. The minimum Gasteiger partial charge on any atom is -0.410 e. The number of amides is 1. The van der Waals surface area contributed by atoms with E-state index in [1.807, 2.05) is 0 Å². The van der Waals surface area contributed by atoms with Crippen LogP contribution in [0.15, 0.2) is 18.2 Å². The maximum atomic E-state index is 13.4. The quantitative estimate of drug-likeness (QED) is 0.861. The van der Waals surface area contributed by atoms with E-state index in [1.54, 1.807) is 0 Å². The molecule has 0 heterocycles. The van der Waals surface area contributed by atoms with Crippen molar-refractivity contribution in [3.63, 3.8) is 0 Å².